The molecule has 0 atom stereocenters. The summed E-state index contributed by atoms with van der Waals surface area (Å²) < 4.78 is 0. The Morgan fingerprint density at radius 3 is 2.40 bits per heavy atom. The van der Waals surface area contributed by atoms with Crippen molar-refractivity contribution in [3.63, 3.8) is 0 Å². The lowest BCUT2D eigenvalue weighted by molar-refractivity contribution is 0.547. The minimum atomic E-state index is 0.0780. The molecule has 0 aliphatic heterocycles. The lowest BCUT2D eigenvalue weighted by Gasteiger charge is -2.23. The zero-order valence-electron chi connectivity index (χ0n) is 18.4. The fourth-order valence-electron chi connectivity index (χ4n) is 5.20. The van der Waals surface area contributed by atoms with E-state index in [0.29, 0.717) is 0 Å². The van der Waals surface area contributed by atoms with Gasteiger partial charge < -0.3 is 0 Å². The van der Waals surface area contributed by atoms with Crippen molar-refractivity contribution in [3.05, 3.63) is 78.0 Å². The van der Waals surface area contributed by atoms with Crippen LogP contribution in [0, 0.1) is 5.92 Å². The van der Waals surface area contributed by atoms with Gasteiger partial charge in [-0.1, -0.05) is 88.9 Å². The van der Waals surface area contributed by atoms with E-state index in [1.54, 1.807) is 0 Å². The third kappa shape index (κ3) is 3.62. The van der Waals surface area contributed by atoms with Crippen LogP contribution in [0.4, 0.5) is 0 Å². The van der Waals surface area contributed by atoms with E-state index in [9.17, 15) is 0 Å². The molecule has 1 fully saturated rings. The summed E-state index contributed by atoms with van der Waals surface area (Å²) in [6.45, 7) is 6.89. The number of rotatable bonds is 3. The van der Waals surface area contributed by atoms with Crippen molar-refractivity contribution >= 4 is 21.5 Å². The van der Waals surface area contributed by atoms with Gasteiger partial charge in [0.1, 0.15) is 0 Å². The maximum atomic E-state index is 4.84. The minimum absolute atomic E-state index is 0.0780. The predicted octanol–water partition coefficient (Wildman–Crippen LogP) is 8.09. The monoisotopic (exact) mass is 393 g/mol. The van der Waals surface area contributed by atoms with Gasteiger partial charge >= 0.3 is 0 Å². The quantitative estimate of drug-likeness (QED) is 0.343. The van der Waals surface area contributed by atoms with Gasteiger partial charge in [0.2, 0.25) is 0 Å². The van der Waals surface area contributed by atoms with Gasteiger partial charge in [0.05, 0.1) is 5.69 Å². The van der Waals surface area contributed by atoms with E-state index in [0.717, 1.165) is 11.6 Å². The Hall–Kier alpha value is -2.67. The van der Waals surface area contributed by atoms with E-state index in [2.05, 4.69) is 81.4 Å². The van der Waals surface area contributed by atoms with E-state index in [1.807, 2.05) is 6.20 Å². The predicted molar refractivity (Wildman–Crippen MR) is 129 cm³/mol. The summed E-state index contributed by atoms with van der Waals surface area (Å²) in [5.74, 6) is 0.874. The average Bonchev–Trinajstić information content (AvgIpc) is 3.24. The first-order valence-electron chi connectivity index (χ1n) is 11.4. The first-order valence-corrected chi connectivity index (χ1v) is 11.4. The molecule has 1 nitrogen and oxygen atoms in total. The topological polar surface area (TPSA) is 12.9 Å². The number of nitrogens with zero attached hydrogens (tertiary/aromatic N) is 1. The molecule has 4 aromatic rings. The average molecular weight is 394 g/mol. The van der Waals surface area contributed by atoms with Crippen molar-refractivity contribution in [1.29, 1.82) is 0 Å². The number of aromatic nitrogens is 1. The first-order chi connectivity index (χ1) is 14.5. The molecule has 3 aromatic carbocycles. The molecule has 1 heterocycles. The summed E-state index contributed by atoms with van der Waals surface area (Å²) in [4.78, 5) is 4.84. The Morgan fingerprint density at radius 1 is 0.833 bits per heavy atom. The standard InChI is InChI=1S/C29H31N/c1-29(2,3)27-19-24(18-22-10-6-7-11-25(22)27)28-26-13-12-21(16-20-8-4-5-9-20)17-23(26)14-15-30-28/h6-7,10-15,17-20H,4-5,8-9,16H2,1-3H3. The number of hydrogen-bond acceptors (Lipinski definition) is 1. The van der Waals surface area contributed by atoms with Crippen molar-refractivity contribution in [2.45, 2.75) is 58.3 Å². The van der Waals surface area contributed by atoms with Gasteiger partial charge in [0.15, 0.2) is 0 Å². The van der Waals surface area contributed by atoms with Crippen LogP contribution in [-0.4, -0.2) is 4.98 Å². The van der Waals surface area contributed by atoms with Crippen LogP contribution in [0.1, 0.15) is 57.6 Å². The van der Waals surface area contributed by atoms with Crippen LogP contribution in [-0.2, 0) is 11.8 Å². The SMILES string of the molecule is CC(C)(C)c1cc(-c2nccc3cc(CC4CCCC4)ccc23)cc2ccccc12. The maximum Gasteiger partial charge on any atom is 0.0780 e. The van der Waals surface area contributed by atoms with Gasteiger partial charge in [-0.2, -0.15) is 0 Å². The van der Waals surface area contributed by atoms with Crippen molar-refractivity contribution in [1.82, 2.24) is 4.98 Å². The van der Waals surface area contributed by atoms with Crippen LogP contribution in [0.3, 0.4) is 0 Å². The second-order valence-corrected chi connectivity index (χ2v) is 10.1. The molecule has 0 unspecified atom stereocenters. The molecule has 0 N–H and O–H groups in total. The molecule has 0 radical (unpaired) electrons. The summed E-state index contributed by atoms with van der Waals surface area (Å²) in [5.41, 5.74) is 5.24. The third-order valence-electron chi connectivity index (χ3n) is 6.77. The Labute approximate surface area is 180 Å². The largest absolute Gasteiger partial charge is 0.256 e. The molecule has 1 aliphatic carbocycles. The molecule has 0 bridgehead atoms. The number of benzene rings is 3. The van der Waals surface area contributed by atoms with Crippen LogP contribution >= 0.6 is 0 Å². The summed E-state index contributed by atoms with van der Waals surface area (Å²) in [6.07, 6.45) is 8.80. The molecule has 0 spiro atoms. The highest BCUT2D eigenvalue weighted by atomic mass is 14.7. The Bertz CT molecular complexity index is 1210. The normalized spacial score (nSPS) is 15.3. The molecule has 5 rings (SSSR count). The van der Waals surface area contributed by atoms with Crippen molar-refractivity contribution in [2.24, 2.45) is 5.92 Å². The molecular weight excluding hydrogens is 362 g/mol. The van der Waals surface area contributed by atoms with E-state index in [1.165, 1.54) is 70.3 Å². The molecule has 0 saturated heterocycles. The fraction of sp³-hybridized carbons (Fsp3) is 0.345. The summed E-state index contributed by atoms with van der Waals surface area (Å²) in [5, 5.41) is 5.19. The highest BCUT2D eigenvalue weighted by Crippen LogP contribution is 2.36. The second kappa shape index (κ2) is 7.54. The van der Waals surface area contributed by atoms with E-state index in [4.69, 9.17) is 4.98 Å². The van der Waals surface area contributed by atoms with Gasteiger partial charge in [-0.15, -0.1) is 0 Å². The van der Waals surface area contributed by atoms with Crippen LogP contribution in [0.2, 0.25) is 0 Å². The Balaban J connectivity index is 1.63. The molecule has 0 amide bonds. The molecule has 1 heteroatoms. The van der Waals surface area contributed by atoms with Crippen molar-refractivity contribution in [2.75, 3.05) is 0 Å². The first kappa shape index (κ1) is 19.3. The van der Waals surface area contributed by atoms with Gasteiger partial charge in [0.25, 0.3) is 0 Å². The van der Waals surface area contributed by atoms with Gasteiger partial charge in [-0.3, -0.25) is 4.98 Å². The zero-order chi connectivity index (χ0) is 20.7. The lowest BCUT2D eigenvalue weighted by Crippen LogP contribution is -2.12. The molecular formula is C29H31N. The summed E-state index contributed by atoms with van der Waals surface area (Å²) >= 11 is 0. The highest BCUT2D eigenvalue weighted by molar-refractivity contribution is 5.98. The summed E-state index contributed by atoms with van der Waals surface area (Å²) in [6, 6.07) is 22.6. The Kier molecular flexibility index (Phi) is 4.85. The van der Waals surface area contributed by atoms with E-state index in [-0.39, 0.29) is 5.41 Å². The lowest BCUT2D eigenvalue weighted by atomic mass is 9.82. The Morgan fingerprint density at radius 2 is 1.60 bits per heavy atom. The molecule has 1 aromatic heterocycles. The van der Waals surface area contributed by atoms with Crippen molar-refractivity contribution in [3.8, 4) is 11.3 Å². The number of fused-ring (bicyclic) bond motifs is 2. The molecule has 1 saturated carbocycles. The molecule has 152 valence electrons. The highest BCUT2D eigenvalue weighted by Gasteiger charge is 2.20. The maximum absolute atomic E-state index is 4.84. The van der Waals surface area contributed by atoms with Crippen LogP contribution in [0.15, 0.2) is 66.9 Å². The van der Waals surface area contributed by atoms with Gasteiger partial charge in [0, 0.05) is 17.1 Å². The number of hydrogen-bond donors (Lipinski definition) is 0. The van der Waals surface area contributed by atoms with E-state index >= 15 is 0 Å². The smallest absolute Gasteiger partial charge is 0.0780 e. The fourth-order valence-corrected chi connectivity index (χ4v) is 5.20. The van der Waals surface area contributed by atoms with Crippen LogP contribution in [0.25, 0.3) is 32.8 Å². The summed E-state index contributed by atoms with van der Waals surface area (Å²) in [7, 11) is 0. The zero-order valence-corrected chi connectivity index (χ0v) is 18.4. The van der Waals surface area contributed by atoms with Gasteiger partial charge in [-0.25, -0.2) is 0 Å². The van der Waals surface area contributed by atoms with Gasteiger partial charge in [-0.05, 0) is 63.2 Å². The molecule has 1 aliphatic rings. The van der Waals surface area contributed by atoms with Crippen LogP contribution in [0.5, 0.6) is 0 Å². The van der Waals surface area contributed by atoms with Crippen molar-refractivity contribution < 1.29 is 0 Å². The second-order valence-electron chi connectivity index (χ2n) is 10.1. The molecule has 30 heavy (non-hydrogen) atoms. The third-order valence-corrected chi connectivity index (χ3v) is 6.77. The van der Waals surface area contributed by atoms with E-state index < -0.39 is 0 Å². The van der Waals surface area contributed by atoms with Crippen LogP contribution < -0.4 is 0 Å². The minimum Gasteiger partial charge on any atom is -0.256 e. The number of pyridine rings is 1.